The zero-order valence-electron chi connectivity index (χ0n) is 11.9. The molecular weight excluding hydrogens is 363 g/mol. The Hall–Kier alpha value is -1.75. The van der Waals surface area contributed by atoms with Crippen LogP contribution in [0.4, 0.5) is 0 Å². The van der Waals surface area contributed by atoms with E-state index in [0.717, 1.165) is 0 Å². The first-order valence-electron chi connectivity index (χ1n) is 6.41. The number of methoxy groups -OCH3 is 1. The Kier molecular flexibility index (Phi) is 5.88. The SMILES string of the molecule is COc1ccc(C(=O)COC(=O)c2cc(Cl)ccc2Cl)cc1Cl. The molecule has 0 N–H and O–H groups in total. The van der Waals surface area contributed by atoms with Crippen molar-refractivity contribution in [1.29, 1.82) is 0 Å². The van der Waals surface area contributed by atoms with Crippen molar-refractivity contribution in [2.75, 3.05) is 13.7 Å². The van der Waals surface area contributed by atoms with Gasteiger partial charge in [-0.2, -0.15) is 0 Å². The molecule has 0 fully saturated rings. The molecule has 0 amide bonds. The second-order valence-electron chi connectivity index (χ2n) is 4.47. The summed E-state index contributed by atoms with van der Waals surface area (Å²) in [5.74, 6) is -0.683. The van der Waals surface area contributed by atoms with Crippen molar-refractivity contribution < 1.29 is 19.1 Å². The summed E-state index contributed by atoms with van der Waals surface area (Å²) in [4.78, 5) is 24.0. The lowest BCUT2D eigenvalue weighted by atomic mass is 10.1. The Morgan fingerprint density at radius 3 is 2.39 bits per heavy atom. The molecule has 0 heterocycles. The van der Waals surface area contributed by atoms with Crippen molar-refractivity contribution in [3.8, 4) is 5.75 Å². The van der Waals surface area contributed by atoms with Crippen molar-refractivity contribution in [3.05, 3.63) is 62.6 Å². The quantitative estimate of drug-likeness (QED) is 0.563. The molecule has 4 nitrogen and oxygen atoms in total. The zero-order valence-corrected chi connectivity index (χ0v) is 14.2. The highest BCUT2D eigenvalue weighted by atomic mass is 35.5. The number of carbonyl (C=O) groups is 2. The maximum Gasteiger partial charge on any atom is 0.340 e. The number of ether oxygens (including phenoxy) is 2. The van der Waals surface area contributed by atoms with Crippen LogP contribution in [-0.2, 0) is 4.74 Å². The summed E-state index contributed by atoms with van der Waals surface area (Å²) < 4.78 is 9.97. The highest BCUT2D eigenvalue weighted by Gasteiger charge is 2.16. The van der Waals surface area contributed by atoms with Crippen LogP contribution in [0.3, 0.4) is 0 Å². The second kappa shape index (κ2) is 7.68. The fourth-order valence-electron chi connectivity index (χ4n) is 1.79. The van der Waals surface area contributed by atoms with Crippen molar-refractivity contribution in [1.82, 2.24) is 0 Å². The Bertz CT molecular complexity index is 759. The van der Waals surface area contributed by atoms with Crippen LogP contribution in [0.15, 0.2) is 36.4 Å². The lowest BCUT2D eigenvalue weighted by Crippen LogP contribution is -2.14. The molecule has 0 aliphatic heterocycles. The third-order valence-electron chi connectivity index (χ3n) is 2.96. The van der Waals surface area contributed by atoms with Crippen molar-refractivity contribution in [2.24, 2.45) is 0 Å². The average molecular weight is 374 g/mol. The standard InChI is InChI=1S/C16H11Cl3O4/c1-22-15-5-2-9(6-13(15)19)14(20)8-23-16(21)11-7-10(17)3-4-12(11)18/h2-7H,8H2,1H3. The molecule has 2 aromatic rings. The van der Waals surface area contributed by atoms with Gasteiger partial charge in [-0.3, -0.25) is 4.79 Å². The van der Waals surface area contributed by atoms with Gasteiger partial charge in [0.25, 0.3) is 0 Å². The molecule has 0 radical (unpaired) electrons. The minimum absolute atomic E-state index is 0.0970. The molecule has 0 aliphatic carbocycles. The first-order valence-corrected chi connectivity index (χ1v) is 7.54. The fraction of sp³-hybridized carbons (Fsp3) is 0.125. The number of Topliss-reactive ketones (excluding diaryl/α,β-unsaturated/α-hetero) is 1. The Morgan fingerprint density at radius 1 is 1.00 bits per heavy atom. The summed E-state index contributed by atoms with van der Waals surface area (Å²) in [7, 11) is 1.47. The van der Waals surface area contributed by atoms with E-state index in [9.17, 15) is 9.59 Å². The summed E-state index contributed by atoms with van der Waals surface area (Å²) >= 11 is 17.7. The summed E-state index contributed by atoms with van der Waals surface area (Å²) in [5, 5.41) is 0.830. The van der Waals surface area contributed by atoms with E-state index in [1.807, 2.05) is 0 Å². The number of benzene rings is 2. The van der Waals surface area contributed by atoms with E-state index in [0.29, 0.717) is 21.4 Å². The zero-order chi connectivity index (χ0) is 17.0. The first kappa shape index (κ1) is 17.6. The normalized spacial score (nSPS) is 10.3. The second-order valence-corrected chi connectivity index (χ2v) is 5.72. The van der Waals surface area contributed by atoms with E-state index in [1.165, 1.54) is 31.4 Å². The van der Waals surface area contributed by atoms with Crippen LogP contribution in [0, 0.1) is 0 Å². The summed E-state index contributed by atoms with van der Waals surface area (Å²) in [6, 6.07) is 8.94. The number of hydrogen-bond acceptors (Lipinski definition) is 4. The molecule has 0 saturated heterocycles. The number of halogens is 3. The molecule has 0 saturated carbocycles. The molecular formula is C16H11Cl3O4. The van der Waals surface area contributed by atoms with Crippen LogP contribution in [0.2, 0.25) is 15.1 Å². The number of rotatable bonds is 5. The maximum absolute atomic E-state index is 12.0. The summed E-state index contributed by atoms with van der Waals surface area (Å²) in [6.07, 6.45) is 0. The van der Waals surface area contributed by atoms with Gasteiger partial charge in [0.1, 0.15) is 5.75 Å². The smallest absolute Gasteiger partial charge is 0.340 e. The van der Waals surface area contributed by atoms with Crippen molar-refractivity contribution in [3.63, 3.8) is 0 Å². The van der Waals surface area contributed by atoms with Crippen LogP contribution >= 0.6 is 34.8 Å². The summed E-state index contributed by atoms with van der Waals surface area (Å²) in [6.45, 7) is -0.440. The van der Waals surface area contributed by atoms with E-state index in [2.05, 4.69) is 0 Å². The van der Waals surface area contributed by atoms with E-state index in [1.54, 1.807) is 12.1 Å². The van der Waals surface area contributed by atoms with Gasteiger partial charge in [0.15, 0.2) is 12.4 Å². The number of ketones is 1. The van der Waals surface area contributed by atoms with Crippen molar-refractivity contribution >= 4 is 46.6 Å². The molecule has 0 atom stereocenters. The molecule has 0 aromatic heterocycles. The molecule has 7 heteroatoms. The predicted octanol–water partition coefficient (Wildman–Crippen LogP) is 4.70. The molecule has 2 rings (SSSR count). The number of esters is 1. The molecule has 0 unspecified atom stereocenters. The summed E-state index contributed by atoms with van der Waals surface area (Å²) in [5.41, 5.74) is 0.403. The van der Waals surface area contributed by atoms with E-state index in [4.69, 9.17) is 44.3 Å². The Labute approximate surface area is 147 Å². The minimum Gasteiger partial charge on any atom is -0.495 e. The lowest BCUT2D eigenvalue weighted by Gasteiger charge is -2.08. The van der Waals surface area contributed by atoms with Gasteiger partial charge in [-0.05, 0) is 36.4 Å². The third kappa shape index (κ3) is 4.38. The van der Waals surface area contributed by atoms with E-state index < -0.39 is 18.4 Å². The lowest BCUT2D eigenvalue weighted by molar-refractivity contribution is 0.0475. The van der Waals surface area contributed by atoms with Crippen LogP contribution in [-0.4, -0.2) is 25.5 Å². The van der Waals surface area contributed by atoms with Crippen LogP contribution in [0.25, 0.3) is 0 Å². The van der Waals surface area contributed by atoms with Crippen molar-refractivity contribution in [2.45, 2.75) is 0 Å². The minimum atomic E-state index is -0.731. The highest BCUT2D eigenvalue weighted by Crippen LogP contribution is 2.25. The Balaban J connectivity index is 2.05. The fourth-order valence-corrected chi connectivity index (χ4v) is 2.41. The molecule has 23 heavy (non-hydrogen) atoms. The monoisotopic (exact) mass is 372 g/mol. The highest BCUT2D eigenvalue weighted by molar-refractivity contribution is 6.35. The molecule has 2 aromatic carbocycles. The molecule has 0 aliphatic rings. The van der Waals surface area contributed by atoms with E-state index >= 15 is 0 Å². The van der Waals surface area contributed by atoms with Gasteiger partial charge >= 0.3 is 5.97 Å². The largest absolute Gasteiger partial charge is 0.495 e. The van der Waals surface area contributed by atoms with Crippen LogP contribution in [0.1, 0.15) is 20.7 Å². The topological polar surface area (TPSA) is 52.6 Å². The molecule has 0 bridgehead atoms. The van der Waals surface area contributed by atoms with Gasteiger partial charge in [0.2, 0.25) is 0 Å². The maximum atomic E-state index is 12.0. The van der Waals surface area contributed by atoms with E-state index in [-0.39, 0.29) is 10.6 Å². The molecule has 0 spiro atoms. The van der Waals surface area contributed by atoms with Gasteiger partial charge in [-0.15, -0.1) is 0 Å². The Morgan fingerprint density at radius 2 is 1.74 bits per heavy atom. The molecule has 120 valence electrons. The van der Waals surface area contributed by atoms with Gasteiger partial charge in [0, 0.05) is 10.6 Å². The number of hydrogen-bond donors (Lipinski definition) is 0. The third-order valence-corrected chi connectivity index (χ3v) is 3.82. The van der Waals surface area contributed by atoms with Gasteiger partial charge < -0.3 is 9.47 Å². The van der Waals surface area contributed by atoms with Crippen LogP contribution < -0.4 is 4.74 Å². The van der Waals surface area contributed by atoms with Gasteiger partial charge in [0.05, 0.1) is 22.7 Å². The van der Waals surface area contributed by atoms with Gasteiger partial charge in [-0.25, -0.2) is 4.79 Å². The van der Waals surface area contributed by atoms with Gasteiger partial charge in [-0.1, -0.05) is 34.8 Å². The first-order chi connectivity index (χ1) is 10.9. The van der Waals surface area contributed by atoms with Crippen LogP contribution in [0.5, 0.6) is 5.75 Å². The average Bonchev–Trinajstić information content (AvgIpc) is 2.54. The predicted molar refractivity (Wildman–Crippen MR) is 89.1 cm³/mol. The number of carbonyl (C=O) groups excluding carboxylic acids is 2.